The van der Waals surface area contributed by atoms with Gasteiger partial charge < -0.3 is 15.5 Å². The van der Waals surface area contributed by atoms with Crippen LogP contribution in [-0.4, -0.2) is 22.8 Å². The SMILES string of the molecule is CC(C)NC[C@H](O)c1cccc(O)c1. The number of benzene rings is 1. The molecule has 0 aliphatic rings. The highest BCUT2D eigenvalue weighted by Gasteiger charge is 2.07. The van der Waals surface area contributed by atoms with Gasteiger partial charge in [-0.25, -0.2) is 0 Å². The van der Waals surface area contributed by atoms with Gasteiger partial charge in [0.25, 0.3) is 0 Å². The van der Waals surface area contributed by atoms with Crippen molar-refractivity contribution in [2.45, 2.75) is 26.0 Å². The third-order valence-electron chi connectivity index (χ3n) is 1.97. The molecular formula is C11H17NO2. The van der Waals surface area contributed by atoms with Crippen molar-refractivity contribution < 1.29 is 10.2 Å². The molecule has 0 unspecified atom stereocenters. The van der Waals surface area contributed by atoms with E-state index >= 15 is 0 Å². The molecule has 0 radical (unpaired) electrons. The second kappa shape index (κ2) is 4.98. The third kappa shape index (κ3) is 3.36. The maximum Gasteiger partial charge on any atom is 0.115 e. The molecule has 0 saturated heterocycles. The van der Waals surface area contributed by atoms with Gasteiger partial charge >= 0.3 is 0 Å². The molecule has 0 aliphatic heterocycles. The number of aromatic hydroxyl groups is 1. The molecule has 1 aromatic carbocycles. The van der Waals surface area contributed by atoms with E-state index in [1.165, 1.54) is 0 Å². The van der Waals surface area contributed by atoms with Crippen LogP contribution in [0.2, 0.25) is 0 Å². The van der Waals surface area contributed by atoms with Gasteiger partial charge in [-0.1, -0.05) is 26.0 Å². The Bertz CT molecular complexity index is 286. The molecule has 0 fully saturated rings. The topological polar surface area (TPSA) is 52.5 Å². The highest BCUT2D eigenvalue weighted by atomic mass is 16.3. The second-order valence-corrected chi connectivity index (χ2v) is 3.67. The maximum atomic E-state index is 9.72. The van der Waals surface area contributed by atoms with Gasteiger partial charge in [-0.3, -0.25) is 0 Å². The quantitative estimate of drug-likeness (QED) is 0.681. The molecule has 1 aromatic rings. The fraction of sp³-hybridized carbons (Fsp3) is 0.455. The highest BCUT2D eigenvalue weighted by Crippen LogP contribution is 2.17. The summed E-state index contributed by atoms with van der Waals surface area (Å²) in [6.45, 7) is 4.55. The summed E-state index contributed by atoms with van der Waals surface area (Å²) in [5.41, 5.74) is 0.734. The van der Waals surface area contributed by atoms with Crippen LogP contribution in [0.5, 0.6) is 5.75 Å². The summed E-state index contributed by atoms with van der Waals surface area (Å²) in [5, 5.41) is 22.1. The van der Waals surface area contributed by atoms with E-state index in [-0.39, 0.29) is 5.75 Å². The lowest BCUT2D eigenvalue weighted by atomic mass is 10.1. The smallest absolute Gasteiger partial charge is 0.115 e. The van der Waals surface area contributed by atoms with Crippen molar-refractivity contribution in [3.63, 3.8) is 0 Å². The van der Waals surface area contributed by atoms with Gasteiger partial charge in [0.2, 0.25) is 0 Å². The van der Waals surface area contributed by atoms with Crippen molar-refractivity contribution in [1.29, 1.82) is 0 Å². The Morgan fingerprint density at radius 1 is 1.36 bits per heavy atom. The fourth-order valence-electron chi connectivity index (χ4n) is 1.20. The third-order valence-corrected chi connectivity index (χ3v) is 1.97. The first-order valence-corrected chi connectivity index (χ1v) is 4.80. The number of aliphatic hydroxyl groups is 1. The molecule has 1 rings (SSSR count). The van der Waals surface area contributed by atoms with Gasteiger partial charge in [-0.2, -0.15) is 0 Å². The number of phenols is 1. The first-order valence-electron chi connectivity index (χ1n) is 4.80. The zero-order valence-electron chi connectivity index (χ0n) is 8.57. The van der Waals surface area contributed by atoms with Crippen molar-refractivity contribution >= 4 is 0 Å². The molecule has 0 aliphatic carbocycles. The number of hydrogen-bond acceptors (Lipinski definition) is 3. The van der Waals surface area contributed by atoms with Crippen molar-refractivity contribution in [3.8, 4) is 5.75 Å². The van der Waals surface area contributed by atoms with Crippen molar-refractivity contribution in [3.05, 3.63) is 29.8 Å². The molecule has 3 heteroatoms. The summed E-state index contributed by atoms with van der Waals surface area (Å²) >= 11 is 0. The number of nitrogens with one attached hydrogen (secondary N) is 1. The summed E-state index contributed by atoms with van der Waals surface area (Å²) in [6.07, 6.45) is -0.565. The molecule has 78 valence electrons. The van der Waals surface area contributed by atoms with Gasteiger partial charge in [0.15, 0.2) is 0 Å². The minimum absolute atomic E-state index is 0.186. The normalized spacial score (nSPS) is 13.1. The monoisotopic (exact) mass is 195 g/mol. The molecule has 3 nitrogen and oxygen atoms in total. The summed E-state index contributed by atoms with van der Waals surface area (Å²) in [6, 6.07) is 7.04. The zero-order valence-corrected chi connectivity index (χ0v) is 8.57. The molecule has 0 aromatic heterocycles. The number of hydrogen-bond donors (Lipinski definition) is 3. The summed E-state index contributed by atoms with van der Waals surface area (Å²) in [4.78, 5) is 0. The predicted molar refractivity (Wildman–Crippen MR) is 56.2 cm³/mol. The van der Waals surface area contributed by atoms with Crippen LogP contribution in [0.25, 0.3) is 0 Å². The Hall–Kier alpha value is -1.06. The van der Waals surface area contributed by atoms with Crippen molar-refractivity contribution in [2.75, 3.05) is 6.54 Å². The Morgan fingerprint density at radius 3 is 2.64 bits per heavy atom. The lowest BCUT2D eigenvalue weighted by Gasteiger charge is -2.14. The Balaban J connectivity index is 2.56. The van der Waals surface area contributed by atoms with E-state index in [2.05, 4.69) is 5.32 Å². The Morgan fingerprint density at radius 2 is 2.07 bits per heavy atom. The van der Waals surface area contributed by atoms with Crippen molar-refractivity contribution in [2.24, 2.45) is 0 Å². The molecule has 0 amide bonds. The fourth-order valence-corrected chi connectivity index (χ4v) is 1.20. The van der Waals surface area contributed by atoms with Gasteiger partial charge in [-0.05, 0) is 17.7 Å². The lowest BCUT2D eigenvalue weighted by Crippen LogP contribution is -2.27. The van der Waals surface area contributed by atoms with E-state index < -0.39 is 6.10 Å². The summed E-state index contributed by atoms with van der Waals surface area (Å²) in [7, 11) is 0. The zero-order chi connectivity index (χ0) is 10.6. The standard InChI is InChI=1S/C11H17NO2/c1-8(2)12-7-11(14)9-4-3-5-10(13)6-9/h3-6,8,11-14H,7H2,1-2H3/t11-/m0/s1. The van der Waals surface area contributed by atoms with Gasteiger partial charge in [0.05, 0.1) is 6.10 Å². The molecule has 0 saturated carbocycles. The van der Waals surface area contributed by atoms with Crippen LogP contribution in [0, 0.1) is 0 Å². The van der Waals surface area contributed by atoms with Gasteiger partial charge in [0, 0.05) is 12.6 Å². The van der Waals surface area contributed by atoms with Crippen LogP contribution in [0.3, 0.4) is 0 Å². The number of phenolic OH excluding ortho intramolecular Hbond substituents is 1. The molecular weight excluding hydrogens is 178 g/mol. The predicted octanol–water partition coefficient (Wildman–Crippen LogP) is 1.42. The Labute approximate surface area is 84.4 Å². The van der Waals surface area contributed by atoms with E-state index in [0.29, 0.717) is 12.6 Å². The molecule has 3 N–H and O–H groups in total. The van der Waals surface area contributed by atoms with Crippen LogP contribution < -0.4 is 5.32 Å². The number of rotatable bonds is 4. The van der Waals surface area contributed by atoms with Gasteiger partial charge in [0.1, 0.15) is 5.75 Å². The first-order chi connectivity index (χ1) is 6.59. The lowest BCUT2D eigenvalue weighted by molar-refractivity contribution is 0.171. The average Bonchev–Trinajstić information content (AvgIpc) is 2.14. The van der Waals surface area contributed by atoms with E-state index in [1.54, 1.807) is 24.3 Å². The summed E-state index contributed by atoms with van der Waals surface area (Å²) < 4.78 is 0. The first kappa shape index (κ1) is 11.0. The van der Waals surface area contributed by atoms with E-state index in [9.17, 15) is 10.2 Å². The maximum absolute atomic E-state index is 9.72. The van der Waals surface area contributed by atoms with E-state index in [1.807, 2.05) is 13.8 Å². The van der Waals surface area contributed by atoms with Crippen LogP contribution >= 0.6 is 0 Å². The average molecular weight is 195 g/mol. The molecule has 0 spiro atoms. The molecule has 1 atom stereocenters. The largest absolute Gasteiger partial charge is 0.508 e. The van der Waals surface area contributed by atoms with Crippen LogP contribution in [0.15, 0.2) is 24.3 Å². The van der Waals surface area contributed by atoms with E-state index in [0.717, 1.165) is 5.56 Å². The number of aliphatic hydroxyl groups excluding tert-OH is 1. The van der Waals surface area contributed by atoms with Crippen LogP contribution in [0.1, 0.15) is 25.5 Å². The summed E-state index contributed by atoms with van der Waals surface area (Å²) in [5.74, 6) is 0.186. The van der Waals surface area contributed by atoms with Gasteiger partial charge in [-0.15, -0.1) is 0 Å². The van der Waals surface area contributed by atoms with Crippen molar-refractivity contribution in [1.82, 2.24) is 5.32 Å². The van der Waals surface area contributed by atoms with Crippen LogP contribution in [-0.2, 0) is 0 Å². The second-order valence-electron chi connectivity index (χ2n) is 3.67. The minimum atomic E-state index is -0.565. The Kier molecular flexibility index (Phi) is 3.92. The molecule has 0 bridgehead atoms. The minimum Gasteiger partial charge on any atom is -0.508 e. The molecule has 14 heavy (non-hydrogen) atoms. The van der Waals surface area contributed by atoms with E-state index in [4.69, 9.17) is 0 Å². The molecule has 0 heterocycles. The van der Waals surface area contributed by atoms with Crippen LogP contribution in [0.4, 0.5) is 0 Å². The highest BCUT2D eigenvalue weighted by molar-refractivity contribution is 5.28.